The summed E-state index contributed by atoms with van der Waals surface area (Å²) in [4.78, 5) is 4.60. The van der Waals surface area contributed by atoms with Crippen molar-refractivity contribution in [3.8, 4) is 17.4 Å². The van der Waals surface area contributed by atoms with Crippen LogP contribution in [0.2, 0.25) is 0 Å². The van der Waals surface area contributed by atoms with E-state index in [9.17, 15) is 0 Å². The topological polar surface area (TPSA) is 31.4 Å². The van der Waals surface area contributed by atoms with E-state index in [2.05, 4.69) is 27.0 Å². The molecular formula is C17H14BrNO2. The number of fused-ring (bicyclic) bond motifs is 1. The molecule has 0 saturated carbocycles. The summed E-state index contributed by atoms with van der Waals surface area (Å²) in [5.74, 6) is 2.08. The van der Waals surface area contributed by atoms with E-state index < -0.39 is 0 Å². The Morgan fingerprint density at radius 2 is 1.81 bits per heavy atom. The Labute approximate surface area is 131 Å². The van der Waals surface area contributed by atoms with Crippen molar-refractivity contribution in [3.63, 3.8) is 0 Å². The molecule has 1 heterocycles. The fourth-order valence-corrected chi connectivity index (χ4v) is 2.50. The molecule has 0 aliphatic rings. The lowest BCUT2D eigenvalue weighted by Crippen LogP contribution is -1.94. The zero-order valence-electron chi connectivity index (χ0n) is 11.5. The third kappa shape index (κ3) is 3.00. The molecule has 0 N–H and O–H groups in total. The van der Waals surface area contributed by atoms with E-state index in [1.807, 2.05) is 48.5 Å². The van der Waals surface area contributed by atoms with Gasteiger partial charge in [-0.2, -0.15) is 0 Å². The average Bonchev–Trinajstić information content (AvgIpc) is 2.54. The number of benzene rings is 2. The van der Waals surface area contributed by atoms with Gasteiger partial charge < -0.3 is 9.47 Å². The Hall–Kier alpha value is -2.07. The maximum atomic E-state index is 5.93. The Kier molecular flexibility index (Phi) is 4.06. The van der Waals surface area contributed by atoms with Crippen molar-refractivity contribution in [1.82, 2.24) is 4.98 Å². The van der Waals surface area contributed by atoms with Crippen LogP contribution in [0, 0.1) is 0 Å². The molecule has 0 aliphatic heterocycles. The summed E-state index contributed by atoms with van der Waals surface area (Å²) in [6.45, 7) is 0. The molecule has 4 heteroatoms. The molecule has 3 nitrogen and oxygen atoms in total. The second-order valence-electron chi connectivity index (χ2n) is 4.56. The van der Waals surface area contributed by atoms with Gasteiger partial charge in [0.1, 0.15) is 11.5 Å². The number of hydrogen-bond acceptors (Lipinski definition) is 3. The van der Waals surface area contributed by atoms with Crippen LogP contribution in [-0.4, -0.2) is 12.1 Å². The van der Waals surface area contributed by atoms with Gasteiger partial charge in [0.2, 0.25) is 5.88 Å². The minimum absolute atomic E-state index is 0.610. The number of hydrogen-bond donors (Lipinski definition) is 0. The number of rotatable bonds is 4. The van der Waals surface area contributed by atoms with Crippen molar-refractivity contribution in [2.24, 2.45) is 0 Å². The Morgan fingerprint density at radius 3 is 2.62 bits per heavy atom. The van der Waals surface area contributed by atoms with Crippen LogP contribution in [0.1, 0.15) is 5.56 Å². The highest BCUT2D eigenvalue weighted by atomic mass is 79.9. The predicted octanol–water partition coefficient (Wildman–Crippen LogP) is 4.93. The molecule has 0 atom stereocenters. The smallest absolute Gasteiger partial charge is 0.223 e. The van der Waals surface area contributed by atoms with E-state index in [4.69, 9.17) is 9.47 Å². The molecule has 3 rings (SSSR count). The number of para-hydroxylation sites is 1. The first-order chi connectivity index (χ1) is 10.3. The predicted molar refractivity (Wildman–Crippen MR) is 87.4 cm³/mol. The van der Waals surface area contributed by atoms with Crippen LogP contribution < -0.4 is 9.47 Å². The first-order valence-electron chi connectivity index (χ1n) is 6.56. The van der Waals surface area contributed by atoms with E-state index >= 15 is 0 Å². The lowest BCUT2D eigenvalue weighted by molar-refractivity contribution is 0.407. The Balaban J connectivity index is 2.02. The third-order valence-electron chi connectivity index (χ3n) is 3.16. The minimum atomic E-state index is 0.610. The number of pyridine rings is 1. The summed E-state index contributed by atoms with van der Waals surface area (Å²) >= 11 is 3.49. The van der Waals surface area contributed by atoms with Gasteiger partial charge in [0.25, 0.3) is 0 Å². The van der Waals surface area contributed by atoms with Gasteiger partial charge in [-0.1, -0.05) is 40.2 Å². The van der Waals surface area contributed by atoms with Crippen molar-refractivity contribution in [2.75, 3.05) is 7.11 Å². The van der Waals surface area contributed by atoms with Gasteiger partial charge in [-0.25, -0.2) is 4.98 Å². The summed E-state index contributed by atoms with van der Waals surface area (Å²) in [6.07, 6.45) is 0. The molecule has 0 unspecified atom stereocenters. The van der Waals surface area contributed by atoms with Crippen LogP contribution in [0.3, 0.4) is 0 Å². The highest BCUT2D eigenvalue weighted by Crippen LogP contribution is 2.30. The molecule has 0 radical (unpaired) electrons. The van der Waals surface area contributed by atoms with E-state index in [1.54, 1.807) is 7.11 Å². The Bertz CT molecular complexity index is 774. The second kappa shape index (κ2) is 6.14. The monoisotopic (exact) mass is 343 g/mol. The van der Waals surface area contributed by atoms with Gasteiger partial charge >= 0.3 is 0 Å². The lowest BCUT2D eigenvalue weighted by atomic mass is 10.2. The third-order valence-corrected chi connectivity index (χ3v) is 3.77. The van der Waals surface area contributed by atoms with Crippen molar-refractivity contribution in [1.29, 1.82) is 0 Å². The standard InChI is InChI=1S/C17H14BrNO2/c1-20-14-6-4-7-15(10-14)21-17-13(11-18)9-12-5-2-3-8-16(12)19-17/h2-10H,11H2,1H3. The molecule has 0 fully saturated rings. The molecular weight excluding hydrogens is 330 g/mol. The maximum absolute atomic E-state index is 5.93. The van der Waals surface area contributed by atoms with E-state index in [-0.39, 0.29) is 0 Å². The average molecular weight is 344 g/mol. The highest BCUT2D eigenvalue weighted by Gasteiger charge is 2.09. The van der Waals surface area contributed by atoms with Gasteiger partial charge in [-0.05, 0) is 24.3 Å². The molecule has 3 aromatic rings. The van der Waals surface area contributed by atoms with Crippen molar-refractivity contribution < 1.29 is 9.47 Å². The number of ether oxygens (including phenoxy) is 2. The Morgan fingerprint density at radius 1 is 1.00 bits per heavy atom. The highest BCUT2D eigenvalue weighted by molar-refractivity contribution is 9.08. The van der Waals surface area contributed by atoms with Crippen LogP contribution in [0.4, 0.5) is 0 Å². The lowest BCUT2D eigenvalue weighted by Gasteiger charge is -2.11. The summed E-state index contributed by atoms with van der Waals surface area (Å²) < 4.78 is 11.1. The number of aromatic nitrogens is 1. The summed E-state index contributed by atoms with van der Waals surface area (Å²) in [5.41, 5.74) is 1.93. The molecule has 1 aromatic heterocycles. The number of methoxy groups -OCH3 is 1. The summed E-state index contributed by atoms with van der Waals surface area (Å²) in [6, 6.07) is 17.6. The first kappa shape index (κ1) is 13.9. The van der Waals surface area contributed by atoms with E-state index in [1.165, 1.54) is 0 Å². The molecule has 0 aliphatic carbocycles. The van der Waals surface area contributed by atoms with Crippen molar-refractivity contribution >= 4 is 26.8 Å². The normalized spacial score (nSPS) is 10.6. The summed E-state index contributed by atoms with van der Waals surface area (Å²) in [5, 5.41) is 1.79. The molecule has 106 valence electrons. The molecule has 2 aromatic carbocycles. The largest absolute Gasteiger partial charge is 0.497 e. The van der Waals surface area contributed by atoms with Crippen LogP contribution in [0.5, 0.6) is 17.4 Å². The zero-order chi connectivity index (χ0) is 14.7. The van der Waals surface area contributed by atoms with Crippen LogP contribution in [0.25, 0.3) is 10.9 Å². The van der Waals surface area contributed by atoms with Crippen LogP contribution >= 0.6 is 15.9 Å². The second-order valence-corrected chi connectivity index (χ2v) is 5.12. The minimum Gasteiger partial charge on any atom is -0.497 e. The van der Waals surface area contributed by atoms with Gasteiger partial charge in [0.15, 0.2) is 0 Å². The fraction of sp³-hybridized carbons (Fsp3) is 0.118. The van der Waals surface area contributed by atoms with Crippen LogP contribution in [0.15, 0.2) is 54.6 Å². The zero-order valence-corrected chi connectivity index (χ0v) is 13.1. The molecule has 0 amide bonds. The van der Waals surface area contributed by atoms with Gasteiger partial charge in [0.05, 0.1) is 12.6 Å². The van der Waals surface area contributed by atoms with Crippen molar-refractivity contribution in [3.05, 3.63) is 60.2 Å². The number of alkyl halides is 1. The molecule has 0 bridgehead atoms. The van der Waals surface area contributed by atoms with Gasteiger partial charge in [-0.15, -0.1) is 0 Å². The quantitative estimate of drug-likeness (QED) is 0.629. The van der Waals surface area contributed by atoms with Gasteiger partial charge in [-0.3, -0.25) is 0 Å². The summed E-state index contributed by atoms with van der Waals surface area (Å²) in [7, 11) is 1.64. The number of halogens is 1. The number of nitrogens with zero attached hydrogens (tertiary/aromatic N) is 1. The van der Waals surface area contributed by atoms with Crippen LogP contribution in [-0.2, 0) is 5.33 Å². The molecule has 0 saturated heterocycles. The van der Waals surface area contributed by atoms with E-state index in [0.29, 0.717) is 17.0 Å². The maximum Gasteiger partial charge on any atom is 0.223 e. The molecule has 21 heavy (non-hydrogen) atoms. The van der Waals surface area contributed by atoms with E-state index in [0.717, 1.165) is 22.2 Å². The van der Waals surface area contributed by atoms with Gasteiger partial charge in [0, 0.05) is 22.3 Å². The van der Waals surface area contributed by atoms with Crippen molar-refractivity contribution in [2.45, 2.75) is 5.33 Å². The first-order valence-corrected chi connectivity index (χ1v) is 7.69. The SMILES string of the molecule is COc1cccc(Oc2nc3ccccc3cc2CBr)c1. The fourth-order valence-electron chi connectivity index (χ4n) is 2.10. The molecule has 0 spiro atoms.